The molecular weight excluding hydrogens is 402 g/mol. The zero-order valence-electron chi connectivity index (χ0n) is 17.8. The molecule has 6 heteroatoms. The number of ketones is 1. The first-order chi connectivity index (χ1) is 15.4. The van der Waals surface area contributed by atoms with Gasteiger partial charge in [0, 0.05) is 34.6 Å². The maximum atomic E-state index is 14.0. The molecule has 0 radical (unpaired) electrons. The predicted octanol–water partition coefficient (Wildman–Crippen LogP) is 3.81. The largest absolute Gasteiger partial charge is 0.398 e. The van der Waals surface area contributed by atoms with E-state index >= 15 is 0 Å². The van der Waals surface area contributed by atoms with E-state index in [9.17, 15) is 14.7 Å². The van der Waals surface area contributed by atoms with Crippen LogP contribution in [0.4, 0.5) is 17.1 Å². The molecule has 2 unspecified atom stereocenters. The lowest BCUT2D eigenvalue weighted by molar-refractivity contribution is -0.137. The third-order valence-corrected chi connectivity index (χ3v) is 6.84. The molecule has 0 aromatic heterocycles. The standard InChI is InChI=1S/C26H25N3O3/c1-2-25(16-28-21-13-7-4-10-18(21)25)29-22-14-8-5-11-19(22)26(32,24(29)31)15-23(30)17-9-3-6-12-20(17)27/h3-14,28,32H,2,15-16,27H2,1H3. The number of benzene rings is 3. The van der Waals surface area contributed by atoms with E-state index in [1.54, 1.807) is 41.3 Å². The lowest BCUT2D eigenvalue weighted by Gasteiger charge is -2.39. The van der Waals surface area contributed by atoms with Crippen LogP contribution in [0.25, 0.3) is 0 Å². The molecule has 0 saturated heterocycles. The van der Waals surface area contributed by atoms with Crippen LogP contribution in [0.3, 0.4) is 0 Å². The number of nitrogens with one attached hydrogen (secondary N) is 1. The highest BCUT2D eigenvalue weighted by molar-refractivity contribution is 6.12. The quantitative estimate of drug-likeness (QED) is 0.425. The minimum atomic E-state index is -1.96. The molecular formula is C26H25N3O3. The predicted molar refractivity (Wildman–Crippen MR) is 125 cm³/mol. The van der Waals surface area contributed by atoms with Crippen LogP contribution in [-0.4, -0.2) is 23.3 Å². The fraction of sp³-hybridized carbons (Fsp3) is 0.231. The molecule has 3 aromatic rings. The number of anilines is 3. The molecule has 162 valence electrons. The number of Topliss-reactive ketones (excluding diaryl/α,β-unsaturated/α-hetero) is 1. The van der Waals surface area contributed by atoms with Gasteiger partial charge in [-0.05, 0) is 30.7 Å². The molecule has 6 nitrogen and oxygen atoms in total. The number of carbonyl (C=O) groups is 2. The zero-order chi connectivity index (χ0) is 22.5. The number of amides is 1. The van der Waals surface area contributed by atoms with Crippen molar-refractivity contribution in [2.75, 3.05) is 22.5 Å². The molecule has 1 amide bonds. The van der Waals surface area contributed by atoms with E-state index in [-0.39, 0.29) is 12.2 Å². The van der Waals surface area contributed by atoms with Gasteiger partial charge in [-0.15, -0.1) is 0 Å². The summed E-state index contributed by atoms with van der Waals surface area (Å²) < 4.78 is 0. The van der Waals surface area contributed by atoms with Crippen molar-refractivity contribution in [1.82, 2.24) is 0 Å². The second-order valence-electron chi connectivity index (χ2n) is 8.49. The van der Waals surface area contributed by atoms with Crippen molar-refractivity contribution in [3.05, 3.63) is 89.5 Å². The summed E-state index contributed by atoms with van der Waals surface area (Å²) in [6.45, 7) is 2.56. The van der Waals surface area contributed by atoms with E-state index in [2.05, 4.69) is 5.32 Å². The summed E-state index contributed by atoms with van der Waals surface area (Å²) in [5, 5.41) is 15.2. The highest BCUT2D eigenvalue weighted by Gasteiger charge is 2.58. The summed E-state index contributed by atoms with van der Waals surface area (Å²) in [7, 11) is 0. The molecule has 2 atom stereocenters. The Morgan fingerprint density at radius 1 is 1.03 bits per heavy atom. The Morgan fingerprint density at radius 2 is 1.69 bits per heavy atom. The monoisotopic (exact) mass is 427 g/mol. The van der Waals surface area contributed by atoms with Gasteiger partial charge in [0.1, 0.15) is 0 Å². The van der Waals surface area contributed by atoms with Gasteiger partial charge in [0.05, 0.1) is 17.6 Å². The fourth-order valence-corrected chi connectivity index (χ4v) is 5.16. The number of carbonyl (C=O) groups excluding carboxylic acids is 2. The van der Waals surface area contributed by atoms with E-state index in [1.165, 1.54) is 0 Å². The average molecular weight is 428 g/mol. The first-order valence-corrected chi connectivity index (χ1v) is 10.8. The zero-order valence-corrected chi connectivity index (χ0v) is 17.8. The summed E-state index contributed by atoms with van der Waals surface area (Å²) in [5.74, 6) is -0.854. The van der Waals surface area contributed by atoms with Crippen LogP contribution in [-0.2, 0) is 15.9 Å². The van der Waals surface area contributed by atoms with E-state index < -0.39 is 17.0 Å². The number of hydrogen-bond acceptors (Lipinski definition) is 5. The first kappa shape index (κ1) is 20.3. The van der Waals surface area contributed by atoms with Crippen LogP contribution in [0.15, 0.2) is 72.8 Å². The number of fused-ring (bicyclic) bond motifs is 2. The van der Waals surface area contributed by atoms with E-state index in [0.29, 0.717) is 35.5 Å². The van der Waals surface area contributed by atoms with Gasteiger partial charge >= 0.3 is 0 Å². The minimum absolute atomic E-state index is 0.308. The third kappa shape index (κ3) is 2.69. The van der Waals surface area contributed by atoms with Gasteiger partial charge in [0.2, 0.25) is 0 Å². The molecule has 0 spiro atoms. The Labute approximate surface area is 186 Å². The Morgan fingerprint density at radius 3 is 2.44 bits per heavy atom. The molecule has 3 aromatic carbocycles. The maximum absolute atomic E-state index is 14.0. The van der Waals surface area contributed by atoms with Crippen molar-refractivity contribution in [3.63, 3.8) is 0 Å². The van der Waals surface area contributed by atoms with Crippen LogP contribution in [0.2, 0.25) is 0 Å². The SMILES string of the molecule is CCC1(N2C(=O)C(O)(CC(=O)c3ccccc3N)c3ccccc32)CNc2ccccc21. The number of hydrogen-bond donors (Lipinski definition) is 3. The van der Waals surface area contributed by atoms with Gasteiger partial charge in [-0.25, -0.2) is 0 Å². The maximum Gasteiger partial charge on any atom is 0.265 e. The number of para-hydroxylation sites is 3. The number of nitrogen functional groups attached to an aromatic ring is 1. The normalized spacial score (nSPS) is 23.6. The lowest BCUT2D eigenvalue weighted by atomic mass is 9.86. The summed E-state index contributed by atoms with van der Waals surface area (Å²) >= 11 is 0. The smallest absolute Gasteiger partial charge is 0.265 e. The Kier molecular flexibility index (Phi) is 4.57. The molecule has 0 bridgehead atoms. The van der Waals surface area contributed by atoms with E-state index in [4.69, 9.17) is 5.73 Å². The van der Waals surface area contributed by atoms with Gasteiger partial charge in [-0.2, -0.15) is 0 Å². The van der Waals surface area contributed by atoms with Gasteiger partial charge < -0.3 is 16.2 Å². The van der Waals surface area contributed by atoms with Crippen LogP contribution >= 0.6 is 0 Å². The van der Waals surface area contributed by atoms with Crippen molar-refractivity contribution in [3.8, 4) is 0 Å². The molecule has 4 N–H and O–H groups in total. The highest BCUT2D eigenvalue weighted by atomic mass is 16.3. The molecule has 0 saturated carbocycles. The van der Waals surface area contributed by atoms with Crippen molar-refractivity contribution in [1.29, 1.82) is 0 Å². The second-order valence-corrected chi connectivity index (χ2v) is 8.49. The molecule has 32 heavy (non-hydrogen) atoms. The molecule has 2 heterocycles. The molecule has 0 aliphatic carbocycles. The summed E-state index contributed by atoms with van der Waals surface area (Å²) in [4.78, 5) is 28.8. The highest BCUT2D eigenvalue weighted by Crippen LogP contribution is 2.52. The van der Waals surface area contributed by atoms with Crippen LogP contribution in [0.5, 0.6) is 0 Å². The summed E-state index contributed by atoms with van der Waals surface area (Å²) in [6.07, 6.45) is 0.273. The third-order valence-electron chi connectivity index (χ3n) is 6.84. The van der Waals surface area contributed by atoms with Gasteiger partial charge in [-0.3, -0.25) is 14.5 Å². The Balaban J connectivity index is 1.62. The number of rotatable bonds is 5. The minimum Gasteiger partial charge on any atom is -0.398 e. The second kappa shape index (κ2) is 7.21. The van der Waals surface area contributed by atoms with E-state index in [0.717, 1.165) is 11.3 Å². The lowest BCUT2D eigenvalue weighted by Crippen LogP contribution is -2.53. The van der Waals surface area contributed by atoms with Gasteiger partial charge in [-0.1, -0.05) is 55.5 Å². The van der Waals surface area contributed by atoms with Crippen LogP contribution in [0, 0.1) is 0 Å². The number of nitrogens with two attached hydrogens (primary N) is 1. The molecule has 2 aliphatic heterocycles. The average Bonchev–Trinajstić information content (AvgIpc) is 3.28. The van der Waals surface area contributed by atoms with Crippen molar-refractivity contribution in [2.24, 2.45) is 0 Å². The molecule has 5 rings (SSSR count). The topological polar surface area (TPSA) is 95.7 Å². The van der Waals surface area contributed by atoms with Crippen molar-refractivity contribution < 1.29 is 14.7 Å². The summed E-state index contributed by atoms with van der Waals surface area (Å²) in [6, 6.07) is 21.8. The van der Waals surface area contributed by atoms with Gasteiger partial charge in [0.15, 0.2) is 11.4 Å². The van der Waals surface area contributed by atoms with Gasteiger partial charge in [0.25, 0.3) is 5.91 Å². The summed E-state index contributed by atoms with van der Waals surface area (Å²) in [5.41, 5.74) is 7.06. The first-order valence-electron chi connectivity index (χ1n) is 10.8. The molecule has 0 fully saturated rings. The molecule has 2 aliphatic rings. The van der Waals surface area contributed by atoms with Crippen LogP contribution < -0.4 is 16.0 Å². The number of aliphatic hydroxyl groups is 1. The number of nitrogens with zero attached hydrogens (tertiary/aromatic N) is 1. The Hall–Kier alpha value is -3.64. The van der Waals surface area contributed by atoms with Crippen molar-refractivity contribution >= 4 is 28.8 Å². The fourth-order valence-electron chi connectivity index (χ4n) is 5.16. The van der Waals surface area contributed by atoms with Crippen molar-refractivity contribution in [2.45, 2.75) is 30.9 Å². The Bertz CT molecular complexity index is 1240. The van der Waals surface area contributed by atoms with E-state index in [1.807, 2.05) is 43.3 Å². The van der Waals surface area contributed by atoms with Crippen LogP contribution in [0.1, 0.15) is 41.3 Å².